The molecule has 0 aromatic rings. The van der Waals surface area contributed by atoms with Crippen LogP contribution in [0.5, 0.6) is 0 Å². The first-order valence-corrected chi connectivity index (χ1v) is 1.95. The van der Waals surface area contributed by atoms with Gasteiger partial charge in [-0.1, -0.05) is 0 Å². The van der Waals surface area contributed by atoms with E-state index >= 15 is 0 Å². The molecule has 0 aliphatic carbocycles. The highest BCUT2D eigenvalue weighted by Gasteiger charge is 2.18. The molecule has 1 saturated heterocycles. The minimum atomic E-state index is 0.255. The Balaban J connectivity index is 2.20. The summed E-state index contributed by atoms with van der Waals surface area (Å²) in [5.74, 6) is 0. The van der Waals surface area contributed by atoms with E-state index in [2.05, 4.69) is 5.59 Å². The highest BCUT2D eigenvalue weighted by atomic mass is 16.8. The Morgan fingerprint density at radius 1 is 1.83 bits per heavy atom. The van der Waals surface area contributed by atoms with Gasteiger partial charge in [0, 0.05) is 7.05 Å². The van der Waals surface area contributed by atoms with Crippen molar-refractivity contribution in [2.24, 2.45) is 0 Å². The quantitative estimate of drug-likeness (QED) is 0.440. The fraction of sp³-hybridized carbons (Fsp3) is 1.00. The van der Waals surface area contributed by atoms with Crippen LogP contribution in [0.25, 0.3) is 0 Å². The Kier molecular flexibility index (Phi) is 0.799. The summed E-state index contributed by atoms with van der Waals surface area (Å²) in [5.41, 5.74) is 2.59. The van der Waals surface area contributed by atoms with Gasteiger partial charge >= 0.3 is 0 Å². The van der Waals surface area contributed by atoms with E-state index in [4.69, 9.17) is 4.84 Å². The Bertz CT molecular complexity index is 48.8. The average molecular weight is 88.1 g/mol. The lowest BCUT2D eigenvalue weighted by atomic mass is 10.6. The number of hydrogen-bond donors (Lipinski definition) is 1. The summed E-state index contributed by atoms with van der Waals surface area (Å²) in [5, 5.41) is 1.88. The lowest BCUT2D eigenvalue weighted by molar-refractivity contribution is -0.291. The van der Waals surface area contributed by atoms with E-state index in [1.54, 1.807) is 0 Å². The van der Waals surface area contributed by atoms with E-state index in [-0.39, 0.29) is 6.23 Å². The van der Waals surface area contributed by atoms with Crippen molar-refractivity contribution in [3.05, 3.63) is 0 Å². The van der Waals surface area contributed by atoms with Crippen LogP contribution in [0.3, 0.4) is 0 Å². The lowest BCUT2D eigenvalue weighted by Gasteiger charge is -2.34. The SMILES string of the molecule is CC1ONN1C. The molecule has 0 spiro atoms. The zero-order chi connectivity index (χ0) is 4.57. The maximum absolute atomic E-state index is 4.72. The molecule has 1 unspecified atom stereocenters. The summed E-state index contributed by atoms with van der Waals surface area (Å²) in [6.07, 6.45) is 0.255. The molecule has 36 valence electrons. The molecular formula is C3H8N2O. The Morgan fingerprint density at radius 2 is 2.33 bits per heavy atom. The van der Waals surface area contributed by atoms with Crippen molar-refractivity contribution in [2.75, 3.05) is 7.05 Å². The molecule has 3 heteroatoms. The van der Waals surface area contributed by atoms with Crippen LogP contribution in [0.15, 0.2) is 0 Å². The maximum Gasteiger partial charge on any atom is 0.144 e. The summed E-state index contributed by atoms with van der Waals surface area (Å²) in [6.45, 7) is 1.97. The predicted octanol–water partition coefficient (Wildman–Crippen LogP) is -0.286. The molecule has 0 amide bonds. The second-order valence-electron chi connectivity index (χ2n) is 1.42. The molecule has 1 rings (SSSR count). The molecule has 1 atom stereocenters. The van der Waals surface area contributed by atoms with Crippen molar-refractivity contribution in [2.45, 2.75) is 13.2 Å². The zero-order valence-electron chi connectivity index (χ0n) is 3.93. The van der Waals surface area contributed by atoms with Gasteiger partial charge in [-0.25, -0.2) is 0 Å². The van der Waals surface area contributed by atoms with Gasteiger partial charge in [-0.05, 0) is 6.92 Å². The van der Waals surface area contributed by atoms with E-state index in [1.165, 1.54) is 0 Å². The van der Waals surface area contributed by atoms with E-state index in [1.807, 2.05) is 19.0 Å². The first-order valence-electron chi connectivity index (χ1n) is 1.95. The van der Waals surface area contributed by atoms with Crippen LogP contribution < -0.4 is 5.59 Å². The summed E-state index contributed by atoms with van der Waals surface area (Å²) in [7, 11) is 1.92. The summed E-state index contributed by atoms with van der Waals surface area (Å²) in [4.78, 5) is 4.72. The minimum Gasteiger partial charge on any atom is -0.267 e. The van der Waals surface area contributed by atoms with Gasteiger partial charge < -0.3 is 0 Å². The van der Waals surface area contributed by atoms with E-state index in [0.717, 1.165) is 0 Å². The molecule has 3 nitrogen and oxygen atoms in total. The van der Waals surface area contributed by atoms with Crippen LogP contribution >= 0.6 is 0 Å². The zero-order valence-corrected chi connectivity index (χ0v) is 3.93. The van der Waals surface area contributed by atoms with Gasteiger partial charge in [-0.3, -0.25) is 4.84 Å². The van der Waals surface area contributed by atoms with Crippen LogP contribution in [-0.4, -0.2) is 18.3 Å². The molecule has 0 aromatic heterocycles. The maximum atomic E-state index is 4.72. The molecule has 1 heterocycles. The van der Waals surface area contributed by atoms with E-state index in [0.29, 0.717) is 0 Å². The van der Waals surface area contributed by atoms with Gasteiger partial charge in [0.25, 0.3) is 0 Å². The summed E-state index contributed by atoms with van der Waals surface area (Å²) < 4.78 is 0. The Hall–Kier alpha value is -0.120. The third-order valence-corrected chi connectivity index (χ3v) is 0.913. The minimum absolute atomic E-state index is 0.255. The lowest BCUT2D eigenvalue weighted by Crippen LogP contribution is -2.55. The van der Waals surface area contributed by atoms with E-state index in [9.17, 15) is 0 Å². The second-order valence-corrected chi connectivity index (χ2v) is 1.42. The first kappa shape index (κ1) is 4.05. The average Bonchev–Trinajstić information content (AvgIpc) is 1.61. The van der Waals surface area contributed by atoms with Crippen LogP contribution in [0.4, 0.5) is 0 Å². The molecule has 0 bridgehead atoms. The van der Waals surface area contributed by atoms with Crippen LogP contribution in [-0.2, 0) is 4.84 Å². The van der Waals surface area contributed by atoms with Gasteiger partial charge in [-0.2, -0.15) is 5.01 Å². The van der Waals surface area contributed by atoms with Crippen molar-refractivity contribution in [3.63, 3.8) is 0 Å². The Labute approximate surface area is 36.8 Å². The molecule has 0 radical (unpaired) electrons. The third-order valence-electron chi connectivity index (χ3n) is 0.913. The predicted molar refractivity (Wildman–Crippen MR) is 21.4 cm³/mol. The first-order chi connectivity index (χ1) is 2.80. The normalized spacial score (nSPS) is 36.0. The molecule has 1 N–H and O–H groups in total. The standard InChI is InChI=1S/C3H8N2O/c1-3-5(2)4-6-3/h3-4H,1-2H3. The number of rotatable bonds is 0. The highest BCUT2D eigenvalue weighted by molar-refractivity contribution is 4.46. The van der Waals surface area contributed by atoms with Crippen LogP contribution in [0.1, 0.15) is 6.92 Å². The van der Waals surface area contributed by atoms with Crippen molar-refractivity contribution in [3.8, 4) is 0 Å². The van der Waals surface area contributed by atoms with E-state index < -0.39 is 0 Å². The fourth-order valence-electron chi connectivity index (χ4n) is 0.264. The topological polar surface area (TPSA) is 24.5 Å². The largest absolute Gasteiger partial charge is 0.267 e. The fourth-order valence-corrected chi connectivity index (χ4v) is 0.264. The molecule has 1 fully saturated rings. The van der Waals surface area contributed by atoms with Crippen LogP contribution in [0.2, 0.25) is 0 Å². The Morgan fingerprint density at radius 3 is 2.33 bits per heavy atom. The summed E-state index contributed by atoms with van der Waals surface area (Å²) >= 11 is 0. The monoisotopic (exact) mass is 88.1 g/mol. The van der Waals surface area contributed by atoms with Crippen LogP contribution in [0, 0.1) is 0 Å². The highest BCUT2D eigenvalue weighted by Crippen LogP contribution is 1.99. The molecule has 0 aromatic carbocycles. The van der Waals surface area contributed by atoms with Gasteiger partial charge in [0.1, 0.15) is 6.23 Å². The molecule has 1 aliphatic heterocycles. The number of nitrogens with one attached hydrogen (secondary N) is 1. The third kappa shape index (κ3) is 0.408. The van der Waals surface area contributed by atoms with Crippen molar-refractivity contribution >= 4 is 0 Å². The van der Waals surface area contributed by atoms with Crippen molar-refractivity contribution in [1.29, 1.82) is 0 Å². The second kappa shape index (κ2) is 1.18. The number of hydrazine groups is 1. The molecule has 6 heavy (non-hydrogen) atoms. The van der Waals surface area contributed by atoms with Gasteiger partial charge in [0.2, 0.25) is 0 Å². The molecule has 1 aliphatic rings. The van der Waals surface area contributed by atoms with Gasteiger partial charge in [-0.15, -0.1) is 5.59 Å². The smallest absolute Gasteiger partial charge is 0.144 e. The molecule has 0 saturated carbocycles. The summed E-state index contributed by atoms with van der Waals surface area (Å²) in [6, 6.07) is 0. The number of nitrogens with zero attached hydrogens (tertiary/aromatic N) is 1. The van der Waals surface area contributed by atoms with Gasteiger partial charge in [0.15, 0.2) is 0 Å². The van der Waals surface area contributed by atoms with Gasteiger partial charge in [0.05, 0.1) is 0 Å². The number of hydrogen-bond acceptors (Lipinski definition) is 3. The van der Waals surface area contributed by atoms with Crippen molar-refractivity contribution in [1.82, 2.24) is 10.6 Å². The van der Waals surface area contributed by atoms with Crippen molar-refractivity contribution < 1.29 is 4.84 Å². The molecular weight excluding hydrogens is 80.0 g/mol.